The van der Waals surface area contributed by atoms with Crippen LogP contribution < -0.4 is 23.1 Å². The molecule has 1 aromatic carbocycles. The van der Waals surface area contributed by atoms with Crippen LogP contribution in [0, 0.1) is 0 Å². The van der Waals surface area contributed by atoms with Crippen molar-refractivity contribution in [3.63, 3.8) is 0 Å². The van der Waals surface area contributed by atoms with Crippen LogP contribution in [0.1, 0.15) is 13.3 Å². The quantitative estimate of drug-likeness (QED) is 0.388. The number of likely N-dealkylation sites (N-methyl/N-ethyl adjacent to an activating group) is 1. The second kappa shape index (κ2) is 9.84. The Labute approximate surface area is 158 Å². The van der Waals surface area contributed by atoms with Crippen molar-refractivity contribution in [1.82, 2.24) is 5.43 Å². The predicted octanol–water partition coefficient (Wildman–Crippen LogP) is -0.476. The standard InChI is InChI=1S/C15H20Cl2N4O2.ClH/c1-10(19-20-15(23)9-21(2,3)4)7-14(22)18-11-5-6-12(16)13(17)8-11;/h5-6,8H,7,9H2,1-4H3,(H-,18,20,22,23);1H/b19-10-;. The zero-order valence-electron chi connectivity index (χ0n) is 14.0. The smallest absolute Gasteiger partial charge is 0.295 e. The summed E-state index contributed by atoms with van der Waals surface area (Å²) in [5, 5.41) is 7.39. The minimum absolute atomic E-state index is 0. The van der Waals surface area contributed by atoms with Gasteiger partial charge < -0.3 is 22.2 Å². The number of rotatable bonds is 6. The molecule has 1 rings (SSSR count). The lowest BCUT2D eigenvalue weighted by Crippen LogP contribution is -3.00. The molecule has 0 radical (unpaired) electrons. The molecule has 0 unspecified atom stereocenters. The third kappa shape index (κ3) is 9.08. The molecule has 0 saturated heterocycles. The van der Waals surface area contributed by atoms with Gasteiger partial charge in [-0.1, -0.05) is 23.2 Å². The number of quaternary nitrogens is 1. The molecule has 2 N–H and O–H groups in total. The molecule has 24 heavy (non-hydrogen) atoms. The van der Waals surface area contributed by atoms with E-state index in [2.05, 4.69) is 15.8 Å². The van der Waals surface area contributed by atoms with Crippen molar-refractivity contribution < 1.29 is 26.5 Å². The zero-order valence-corrected chi connectivity index (χ0v) is 16.3. The number of hydrazone groups is 1. The number of hydrogen-bond acceptors (Lipinski definition) is 3. The molecule has 9 heteroatoms. The van der Waals surface area contributed by atoms with Gasteiger partial charge in [0.15, 0.2) is 6.54 Å². The van der Waals surface area contributed by atoms with Gasteiger partial charge in [0.1, 0.15) is 0 Å². The first-order valence-corrected chi connectivity index (χ1v) is 7.70. The highest BCUT2D eigenvalue weighted by atomic mass is 35.5. The number of nitrogens with one attached hydrogen (secondary N) is 2. The number of anilines is 1. The fraction of sp³-hybridized carbons (Fsp3) is 0.400. The number of carbonyl (C=O) groups excluding carboxylic acids is 2. The molecule has 0 bridgehead atoms. The lowest BCUT2D eigenvalue weighted by Gasteiger charge is -2.22. The summed E-state index contributed by atoms with van der Waals surface area (Å²) in [5.41, 5.74) is 3.48. The second-order valence-electron chi connectivity index (χ2n) is 6.18. The number of halogens is 3. The van der Waals surface area contributed by atoms with E-state index in [0.717, 1.165) is 0 Å². The largest absolute Gasteiger partial charge is 1.00 e. The maximum Gasteiger partial charge on any atom is 0.295 e. The van der Waals surface area contributed by atoms with Crippen LogP contribution in [-0.4, -0.2) is 49.7 Å². The maximum atomic E-state index is 11.9. The Hall–Kier alpha value is -1.34. The van der Waals surface area contributed by atoms with Crippen molar-refractivity contribution in [3.8, 4) is 0 Å². The van der Waals surface area contributed by atoms with Crippen LogP contribution in [0.5, 0.6) is 0 Å². The molecule has 0 aliphatic heterocycles. The van der Waals surface area contributed by atoms with Crippen LogP contribution in [0.25, 0.3) is 0 Å². The molecule has 2 amide bonds. The molecular weight excluding hydrogens is 375 g/mol. The molecule has 6 nitrogen and oxygen atoms in total. The summed E-state index contributed by atoms with van der Waals surface area (Å²) in [7, 11) is 5.71. The minimum Gasteiger partial charge on any atom is -1.00 e. The molecule has 0 atom stereocenters. The van der Waals surface area contributed by atoms with Gasteiger partial charge in [-0.3, -0.25) is 9.59 Å². The third-order valence-electron chi connectivity index (χ3n) is 2.61. The van der Waals surface area contributed by atoms with Crippen molar-refractivity contribution in [2.75, 3.05) is 33.0 Å². The second-order valence-corrected chi connectivity index (χ2v) is 7.00. The summed E-state index contributed by atoms with van der Waals surface area (Å²) in [5.74, 6) is -0.466. The molecule has 1 aromatic rings. The van der Waals surface area contributed by atoms with Gasteiger partial charge in [0, 0.05) is 11.4 Å². The Bertz CT molecular complexity index is 628. The summed E-state index contributed by atoms with van der Waals surface area (Å²) in [6.07, 6.45) is 0.0604. The van der Waals surface area contributed by atoms with Gasteiger partial charge >= 0.3 is 0 Å². The fourth-order valence-corrected chi connectivity index (χ4v) is 1.97. The van der Waals surface area contributed by atoms with Gasteiger partial charge in [-0.05, 0) is 25.1 Å². The van der Waals surface area contributed by atoms with Crippen LogP contribution in [0.15, 0.2) is 23.3 Å². The van der Waals surface area contributed by atoms with E-state index >= 15 is 0 Å². The summed E-state index contributed by atoms with van der Waals surface area (Å²) in [6.45, 7) is 1.97. The maximum absolute atomic E-state index is 11.9. The highest BCUT2D eigenvalue weighted by Gasteiger charge is 2.13. The highest BCUT2D eigenvalue weighted by Crippen LogP contribution is 2.24. The van der Waals surface area contributed by atoms with Crippen LogP contribution in [-0.2, 0) is 9.59 Å². The number of hydrogen-bond donors (Lipinski definition) is 2. The minimum atomic E-state index is -0.259. The van der Waals surface area contributed by atoms with Gasteiger partial charge in [-0.15, -0.1) is 0 Å². The molecule has 0 aromatic heterocycles. The van der Waals surface area contributed by atoms with E-state index in [-0.39, 0.29) is 30.6 Å². The van der Waals surface area contributed by atoms with Crippen molar-refractivity contribution in [2.45, 2.75) is 13.3 Å². The first-order chi connectivity index (χ1) is 10.6. The number of benzene rings is 1. The Morgan fingerprint density at radius 3 is 2.29 bits per heavy atom. The Balaban J connectivity index is 0.00000529. The van der Waals surface area contributed by atoms with E-state index in [1.165, 1.54) is 0 Å². The van der Waals surface area contributed by atoms with E-state index < -0.39 is 0 Å². The number of carbonyl (C=O) groups is 2. The van der Waals surface area contributed by atoms with Crippen LogP contribution in [0.3, 0.4) is 0 Å². The topological polar surface area (TPSA) is 70.6 Å². The van der Waals surface area contributed by atoms with Crippen molar-refractivity contribution in [1.29, 1.82) is 0 Å². The average Bonchev–Trinajstić information content (AvgIpc) is 2.38. The summed E-state index contributed by atoms with van der Waals surface area (Å²) in [4.78, 5) is 23.6. The normalized spacial score (nSPS) is 11.5. The predicted molar refractivity (Wildman–Crippen MR) is 93.9 cm³/mol. The Kier molecular flexibility index (Phi) is 9.29. The van der Waals surface area contributed by atoms with Gasteiger partial charge in [-0.25, -0.2) is 5.43 Å². The van der Waals surface area contributed by atoms with Crippen molar-refractivity contribution in [2.24, 2.45) is 5.10 Å². The first kappa shape index (κ1) is 22.7. The first-order valence-electron chi connectivity index (χ1n) is 6.94. The molecular formula is C15H21Cl3N4O2. The number of amides is 2. The third-order valence-corrected chi connectivity index (χ3v) is 3.35. The summed E-state index contributed by atoms with van der Waals surface area (Å²) < 4.78 is 0.498. The van der Waals surface area contributed by atoms with Gasteiger partial charge in [0.2, 0.25) is 5.91 Å². The molecule has 0 saturated carbocycles. The van der Waals surface area contributed by atoms with Crippen molar-refractivity contribution >= 4 is 46.4 Å². The Morgan fingerprint density at radius 2 is 1.75 bits per heavy atom. The number of nitrogens with zero attached hydrogens (tertiary/aromatic N) is 2. The molecule has 0 spiro atoms. The molecule has 134 valence electrons. The van der Waals surface area contributed by atoms with E-state index in [0.29, 0.717) is 32.5 Å². The Morgan fingerprint density at radius 1 is 1.12 bits per heavy atom. The summed E-state index contributed by atoms with van der Waals surface area (Å²) >= 11 is 11.7. The van der Waals surface area contributed by atoms with E-state index in [9.17, 15) is 9.59 Å². The molecule has 0 aliphatic rings. The van der Waals surface area contributed by atoms with Gasteiger partial charge in [0.05, 0.1) is 37.6 Å². The van der Waals surface area contributed by atoms with Crippen LogP contribution in [0.4, 0.5) is 5.69 Å². The summed E-state index contributed by atoms with van der Waals surface area (Å²) in [6, 6.07) is 4.82. The molecule has 0 heterocycles. The van der Waals surface area contributed by atoms with Crippen LogP contribution in [0.2, 0.25) is 10.0 Å². The van der Waals surface area contributed by atoms with E-state index in [4.69, 9.17) is 23.2 Å². The van der Waals surface area contributed by atoms with Crippen LogP contribution >= 0.6 is 23.2 Å². The van der Waals surface area contributed by atoms with Gasteiger partial charge in [0.25, 0.3) is 5.91 Å². The van der Waals surface area contributed by atoms with E-state index in [1.54, 1.807) is 25.1 Å². The molecule has 0 aliphatic carbocycles. The lowest BCUT2D eigenvalue weighted by atomic mass is 10.2. The van der Waals surface area contributed by atoms with Gasteiger partial charge in [-0.2, -0.15) is 5.10 Å². The van der Waals surface area contributed by atoms with Crippen molar-refractivity contribution in [3.05, 3.63) is 28.2 Å². The fourth-order valence-electron chi connectivity index (χ4n) is 1.67. The highest BCUT2D eigenvalue weighted by molar-refractivity contribution is 6.42. The monoisotopic (exact) mass is 394 g/mol. The zero-order chi connectivity index (χ0) is 17.6. The SMILES string of the molecule is C/C(CC(=O)Nc1ccc(Cl)c(Cl)c1)=N/NC(=O)C[N+](C)(C)C.[Cl-]. The molecule has 0 fully saturated rings. The lowest BCUT2D eigenvalue weighted by molar-refractivity contribution is -0.862. The average molecular weight is 396 g/mol. The van der Waals surface area contributed by atoms with E-state index in [1.807, 2.05) is 21.1 Å².